The van der Waals surface area contributed by atoms with Gasteiger partial charge in [-0.05, 0) is 37.3 Å². The summed E-state index contributed by atoms with van der Waals surface area (Å²) < 4.78 is 7.59. The zero-order chi connectivity index (χ0) is 15.9. The molecule has 0 aliphatic rings. The second-order valence-electron chi connectivity index (χ2n) is 4.43. The van der Waals surface area contributed by atoms with Gasteiger partial charge in [-0.25, -0.2) is 4.99 Å². The highest BCUT2D eigenvalue weighted by molar-refractivity contribution is 5.93. The van der Waals surface area contributed by atoms with Gasteiger partial charge in [0.2, 0.25) is 5.96 Å². The summed E-state index contributed by atoms with van der Waals surface area (Å²) in [6, 6.07) is 9.06. The number of guanidine groups is 2. The number of rotatable bonds is 5. The molecule has 6 N–H and O–H groups in total. The average molecular weight is 301 g/mol. The van der Waals surface area contributed by atoms with Crippen molar-refractivity contribution in [3.05, 3.63) is 42.2 Å². The molecule has 0 amide bonds. The molecule has 0 aliphatic carbocycles. The molecule has 0 radical (unpaired) electrons. The van der Waals surface area contributed by atoms with Crippen LogP contribution in [0.15, 0.2) is 46.5 Å². The van der Waals surface area contributed by atoms with Crippen molar-refractivity contribution in [3.63, 3.8) is 0 Å². The summed E-state index contributed by atoms with van der Waals surface area (Å²) in [6.07, 6.45) is 1.76. The Hall–Kier alpha value is -3.03. The van der Waals surface area contributed by atoms with E-state index in [1.807, 2.05) is 17.7 Å². The van der Waals surface area contributed by atoms with E-state index >= 15 is 0 Å². The topological polar surface area (TPSA) is 130 Å². The molecule has 2 aromatic rings. The Morgan fingerprint density at radius 2 is 1.91 bits per heavy atom. The summed E-state index contributed by atoms with van der Waals surface area (Å²) in [5.41, 5.74) is 17.7. The second-order valence-corrected chi connectivity index (χ2v) is 4.43. The highest BCUT2D eigenvalue weighted by atomic mass is 16.5. The van der Waals surface area contributed by atoms with Crippen LogP contribution in [0.4, 0.5) is 5.69 Å². The Morgan fingerprint density at radius 1 is 1.18 bits per heavy atom. The third kappa shape index (κ3) is 4.23. The molecule has 1 heterocycles. The number of aliphatic imine (C=N–C) groups is 2. The zero-order valence-electron chi connectivity index (χ0n) is 12.3. The van der Waals surface area contributed by atoms with Gasteiger partial charge in [0, 0.05) is 12.7 Å². The van der Waals surface area contributed by atoms with Crippen molar-refractivity contribution >= 4 is 17.6 Å². The molecule has 0 spiro atoms. The lowest BCUT2D eigenvalue weighted by molar-refractivity contribution is 0.292. The summed E-state index contributed by atoms with van der Waals surface area (Å²) in [6.45, 7) is 3.29. The van der Waals surface area contributed by atoms with E-state index in [9.17, 15) is 0 Å². The first-order valence-electron chi connectivity index (χ1n) is 6.76. The van der Waals surface area contributed by atoms with Gasteiger partial charge in [0.1, 0.15) is 12.4 Å². The van der Waals surface area contributed by atoms with Crippen molar-refractivity contribution in [2.75, 3.05) is 0 Å². The van der Waals surface area contributed by atoms with Crippen LogP contribution in [0.3, 0.4) is 0 Å². The molecule has 0 saturated carbocycles. The lowest BCUT2D eigenvalue weighted by atomic mass is 10.3. The zero-order valence-corrected chi connectivity index (χ0v) is 12.3. The lowest BCUT2D eigenvalue weighted by Crippen LogP contribution is -2.26. The van der Waals surface area contributed by atoms with Gasteiger partial charge in [-0.1, -0.05) is 0 Å². The van der Waals surface area contributed by atoms with Crippen LogP contribution in [-0.4, -0.2) is 21.7 Å². The summed E-state index contributed by atoms with van der Waals surface area (Å²) in [4.78, 5) is 7.70. The molecule has 8 nitrogen and oxygen atoms in total. The maximum atomic E-state index is 5.71. The molecule has 1 aromatic heterocycles. The van der Waals surface area contributed by atoms with Crippen LogP contribution in [0.5, 0.6) is 5.75 Å². The van der Waals surface area contributed by atoms with E-state index in [4.69, 9.17) is 21.9 Å². The van der Waals surface area contributed by atoms with Crippen LogP contribution in [0.2, 0.25) is 0 Å². The highest BCUT2D eigenvalue weighted by Gasteiger charge is 2.02. The van der Waals surface area contributed by atoms with Gasteiger partial charge < -0.3 is 21.9 Å². The minimum atomic E-state index is -0.131. The van der Waals surface area contributed by atoms with Crippen molar-refractivity contribution < 1.29 is 4.74 Å². The van der Waals surface area contributed by atoms with E-state index in [1.165, 1.54) is 0 Å². The summed E-state index contributed by atoms with van der Waals surface area (Å²) in [5.74, 6) is 0.595. The van der Waals surface area contributed by atoms with Crippen LogP contribution in [0.25, 0.3) is 0 Å². The summed E-state index contributed by atoms with van der Waals surface area (Å²) in [5, 5.41) is 4.19. The summed E-state index contributed by atoms with van der Waals surface area (Å²) in [7, 11) is 0. The minimum absolute atomic E-state index is 0.000478. The molecule has 116 valence electrons. The molecule has 0 aliphatic heterocycles. The van der Waals surface area contributed by atoms with Gasteiger partial charge in [-0.2, -0.15) is 10.1 Å². The molecule has 0 fully saturated rings. The predicted molar refractivity (Wildman–Crippen MR) is 85.8 cm³/mol. The van der Waals surface area contributed by atoms with E-state index < -0.39 is 0 Å². The highest BCUT2D eigenvalue weighted by Crippen LogP contribution is 2.19. The van der Waals surface area contributed by atoms with Crippen molar-refractivity contribution in [1.82, 2.24) is 9.78 Å². The second kappa shape index (κ2) is 7.11. The fourth-order valence-electron chi connectivity index (χ4n) is 1.83. The first-order valence-corrected chi connectivity index (χ1v) is 6.76. The number of hydrogen-bond acceptors (Lipinski definition) is 3. The Kier molecular flexibility index (Phi) is 4.97. The van der Waals surface area contributed by atoms with Gasteiger partial charge in [0.25, 0.3) is 0 Å². The molecule has 0 saturated heterocycles. The van der Waals surface area contributed by atoms with Crippen molar-refractivity contribution in [3.8, 4) is 5.75 Å². The lowest BCUT2D eigenvalue weighted by Gasteiger charge is -2.07. The van der Waals surface area contributed by atoms with Crippen LogP contribution >= 0.6 is 0 Å². The number of hydrogen-bond donors (Lipinski definition) is 3. The third-order valence-electron chi connectivity index (χ3n) is 2.81. The van der Waals surface area contributed by atoms with E-state index in [2.05, 4.69) is 15.1 Å². The van der Waals surface area contributed by atoms with Crippen molar-refractivity contribution in [2.45, 2.75) is 20.1 Å². The molecular weight excluding hydrogens is 282 g/mol. The summed E-state index contributed by atoms with van der Waals surface area (Å²) >= 11 is 0. The molecule has 0 unspecified atom stereocenters. The van der Waals surface area contributed by atoms with E-state index in [0.29, 0.717) is 12.3 Å². The first kappa shape index (κ1) is 15.4. The minimum Gasteiger partial charge on any atom is -0.487 e. The van der Waals surface area contributed by atoms with Gasteiger partial charge >= 0.3 is 0 Å². The first-order chi connectivity index (χ1) is 10.6. The maximum Gasteiger partial charge on any atom is 0.223 e. The largest absolute Gasteiger partial charge is 0.487 e. The molecule has 0 bridgehead atoms. The van der Waals surface area contributed by atoms with Gasteiger partial charge in [0.05, 0.1) is 11.4 Å². The van der Waals surface area contributed by atoms with Crippen LogP contribution in [0, 0.1) is 0 Å². The SMILES string of the molecule is CCn1nccc1COc1ccc(N=C(N)N=C(N)N)cc1. The smallest absolute Gasteiger partial charge is 0.223 e. The van der Waals surface area contributed by atoms with Gasteiger partial charge in [0.15, 0.2) is 5.96 Å². The van der Waals surface area contributed by atoms with E-state index in [0.717, 1.165) is 18.0 Å². The quantitative estimate of drug-likeness (QED) is 0.553. The van der Waals surface area contributed by atoms with Crippen LogP contribution < -0.4 is 21.9 Å². The van der Waals surface area contributed by atoms with Crippen molar-refractivity contribution in [2.24, 2.45) is 27.2 Å². The predicted octanol–water partition coefficient (Wildman–Crippen LogP) is 0.702. The molecule has 2 rings (SSSR count). The maximum absolute atomic E-state index is 5.71. The number of benzene rings is 1. The molecular formula is C14H19N7O. The number of nitrogens with two attached hydrogens (primary N) is 3. The number of ether oxygens (including phenoxy) is 1. The number of aromatic nitrogens is 2. The Bertz CT molecular complexity index is 669. The third-order valence-corrected chi connectivity index (χ3v) is 2.81. The van der Waals surface area contributed by atoms with Crippen molar-refractivity contribution in [1.29, 1.82) is 0 Å². The molecule has 1 aromatic carbocycles. The molecule has 0 atom stereocenters. The Balaban J connectivity index is 1.99. The van der Waals surface area contributed by atoms with E-state index in [1.54, 1.807) is 30.5 Å². The fraction of sp³-hybridized carbons (Fsp3) is 0.214. The Labute approximate surface area is 128 Å². The van der Waals surface area contributed by atoms with Gasteiger partial charge in [-0.3, -0.25) is 4.68 Å². The monoisotopic (exact) mass is 301 g/mol. The van der Waals surface area contributed by atoms with Crippen LogP contribution in [-0.2, 0) is 13.2 Å². The van der Waals surface area contributed by atoms with E-state index in [-0.39, 0.29) is 11.9 Å². The fourth-order valence-corrected chi connectivity index (χ4v) is 1.83. The normalized spacial score (nSPS) is 11.2. The number of nitrogens with zero attached hydrogens (tertiary/aromatic N) is 4. The standard InChI is InChI=1S/C14H19N7O/c1-2-21-11(7-8-18-21)9-22-12-5-3-10(4-6-12)19-14(17)20-13(15)16/h3-8H,2,9H2,1H3,(H6,15,16,17,19,20). The number of aryl methyl sites for hydroxylation is 1. The average Bonchev–Trinajstić information content (AvgIpc) is 2.93. The van der Waals surface area contributed by atoms with Crippen LogP contribution in [0.1, 0.15) is 12.6 Å². The van der Waals surface area contributed by atoms with Gasteiger partial charge in [-0.15, -0.1) is 0 Å². The molecule has 8 heteroatoms. The molecule has 22 heavy (non-hydrogen) atoms. The Morgan fingerprint density at radius 3 is 2.55 bits per heavy atom.